The highest BCUT2D eigenvalue weighted by atomic mass is 32.2. The van der Waals surface area contributed by atoms with E-state index in [9.17, 15) is 14.1 Å². The summed E-state index contributed by atoms with van der Waals surface area (Å²) in [5.74, 6) is -0.539. The summed E-state index contributed by atoms with van der Waals surface area (Å²) >= 11 is 0. The topological polar surface area (TPSA) is 90.2 Å². The normalized spacial score (nSPS) is 28.4. The molecule has 5 nitrogen and oxygen atoms in total. The number of hydrogen-bond donors (Lipinski definition) is 2. The van der Waals surface area contributed by atoms with Crippen molar-refractivity contribution in [3.8, 4) is 6.07 Å². The highest BCUT2D eigenvalue weighted by Gasteiger charge is 2.34. The number of Topliss-reactive ketones (excluding diaryl/α,β-unsaturated/α-hetero) is 1. The Hall–Kier alpha value is -2.23. The zero-order chi connectivity index (χ0) is 15.1. The van der Waals surface area contributed by atoms with Crippen molar-refractivity contribution in [1.29, 1.82) is 5.26 Å². The van der Waals surface area contributed by atoms with Crippen LogP contribution < -0.4 is 5.32 Å². The summed E-state index contributed by atoms with van der Waals surface area (Å²) < 4.78 is 11.6. The van der Waals surface area contributed by atoms with Crippen molar-refractivity contribution in [1.82, 2.24) is 5.32 Å². The fourth-order valence-electron chi connectivity index (χ4n) is 2.52. The lowest BCUT2D eigenvalue weighted by Crippen LogP contribution is -2.39. The fraction of sp³-hybridized carbons (Fsp3) is 0.200. The fourth-order valence-corrected chi connectivity index (χ4v) is 3.20. The molecule has 0 aromatic heterocycles. The molecule has 0 radical (unpaired) electrons. The largest absolute Gasteiger partial charge is 0.380 e. The molecule has 1 heterocycles. The molecule has 0 fully saturated rings. The molecule has 0 aromatic rings. The van der Waals surface area contributed by atoms with Gasteiger partial charge in [0, 0.05) is 17.5 Å². The van der Waals surface area contributed by atoms with Crippen LogP contribution in [0, 0.1) is 11.3 Å². The Balaban J connectivity index is 2.09. The number of nitrogens with zero attached hydrogens (tertiary/aromatic N) is 1. The maximum Gasteiger partial charge on any atom is 0.204 e. The number of dihydropyridines is 1. The van der Waals surface area contributed by atoms with Crippen molar-refractivity contribution in [2.24, 2.45) is 0 Å². The molecule has 0 bridgehead atoms. The second kappa shape index (κ2) is 4.95. The van der Waals surface area contributed by atoms with E-state index in [1.807, 2.05) is 6.08 Å². The van der Waals surface area contributed by atoms with Gasteiger partial charge in [-0.05, 0) is 29.9 Å². The van der Waals surface area contributed by atoms with Crippen LogP contribution >= 0.6 is 0 Å². The van der Waals surface area contributed by atoms with Gasteiger partial charge in [0.2, 0.25) is 5.78 Å². The van der Waals surface area contributed by atoms with Crippen molar-refractivity contribution >= 4 is 16.6 Å². The maximum absolute atomic E-state index is 12.0. The van der Waals surface area contributed by atoms with E-state index in [4.69, 9.17) is 5.26 Å². The quantitative estimate of drug-likeness (QED) is 0.730. The van der Waals surface area contributed by atoms with Gasteiger partial charge in [-0.15, -0.1) is 0 Å². The predicted molar refractivity (Wildman–Crippen MR) is 78.0 cm³/mol. The second-order valence-corrected chi connectivity index (χ2v) is 6.28. The Labute approximate surface area is 124 Å². The number of aliphatic hydroxyl groups is 1. The van der Waals surface area contributed by atoms with Gasteiger partial charge in [0.1, 0.15) is 6.10 Å². The summed E-state index contributed by atoms with van der Waals surface area (Å²) in [5.41, 5.74) is 2.38. The molecule has 1 aliphatic heterocycles. The van der Waals surface area contributed by atoms with Gasteiger partial charge < -0.3 is 10.4 Å². The summed E-state index contributed by atoms with van der Waals surface area (Å²) in [6.07, 6.45) is 8.61. The van der Waals surface area contributed by atoms with Crippen LogP contribution in [0.2, 0.25) is 0 Å². The van der Waals surface area contributed by atoms with Crippen molar-refractivity contribution in [3.05, 3.63) is 57.7 Å². The first-order valence-corrected chi connectivity index (χ1v) is 7.87. The number of carbonyl (C=O) groups is 1. The lowest BCUT2D eigenvalue weighted by Gasteiger charge is -2.31. The average Bonchev–Trinajstić information content (AvgIpc) is 2.48. The molecule has 2 N–H and O–H groups in total. The number of rotatable bonds is 1. The monoisotopic (exact) mass is 300 g/mol. The zero-order valence-corrected chi connectivity index (χ0v) is 12.0. The van der Waals surface area contributed by atoms with Crippen molar-refractivity contribution in [2.75, 3.05) is 6.26 Å². The van der Waals surface area contributed by atoms with Crippen LogP contribution in [0.3, 0.4) is 0 Å². The highest BCUT2D eigenvalue weighted by molar-refractivity contribution is 7.89. The molecule has 0 aromatic carbocycles. The van der Waals surface area contributed by atoms with Crippen molar-refractivity contribution in [2.45, 2.75) is 12.1 Å². The van der Waals surface area contributed by atoms with Gasteiger partial charge >= 0.3 is 0 Å². The number of aliphatic hydroxyl groups excluding tert-OH is 1. The van der Waals surface area contributed by atoms with E-state index in [-0.39, 0.29) is 10.9 Å². The molecule has 3 unspecified atom stereocenters. The third kappa shape index (κ3) is 2.20. The number of hydrogen-bond acceptors (Lipinski definition) is 5. The molecule has 21 heavy (non-hydrogen) atoms. The zero-order valence-electron chi connectivity index (χ0n) is 11.2. The highest BCUT2D eigenvalue weighted by Crippen LogP contribution is 2.31. The van der Waals surface area contributed by atoms with E-state index in [0.717, 1.165) is 5.57 Å². The predicted octanol–water partition coefficient (Wildman–Crippen LogP) is 0.364. The third-order valence-electron chi connectivity index (χ3n) is 3.59. The van der Waals surface area contributed by atoms with E-state index < -0.39 is 22.7 Å². The van der Waals surface area contributed by atoms with E-state index >= 15 is 0 Å². The van der Waals surface area contributed by atoms with E-state index in [1.165, 1.54) is 12.3 Å². The first-order valence-electron chi connectivity index (χ1n) is 6.31. The number of nitriles is 1. The lowest BCUT2D eigenvalue weighted by atomic mass is 9.87. The van der Waals surface area contributed by atoms with Crippen LogP contribution in [0.25, 0.3) is 0 Å². The minimum atomic E-state index is -1.45. The Morgan fingerprint density at radius 3 is 2.81 bits per heavy atom. The smallest absolute Gasteiger partial charge is 0.204 e. The maximum atomic E-state index is 12.0. The molecule has 0 spiro atoms. The van der Waals surface area contributed by atoms with E-state index in [2.05, 4.69) is 11.4 Å². The van der Waals surface area contributed by atoms with Crippen LogP contribution in [0.4, 0.5) is 0 Å². The van der Waals surface area contributed by atoms with E-state index in [1.54, 1.807) is 18.2 Å². The van der Waals surface area contributed by atoms with Crippen molar-refractivity contribution in [3.63, 3.8) is 0 Å². The minimum absolute atomic E-state index is 0.110. The molecule has 6 heteroatoms. The Morgan fingerprint density at radius 1 is 1.38 bits per heavy atom. The Bertz CT molecular complexity index is 762. The molecule has 3 rings (SSSR count). The SMILES string of the molecule is CS(=O)C1=CC2=C(C=C3C=C(C#N)C=CC3N2)C(O)C1=O. The van der Waals surface area contributed by atoms with Crippen molar-refractivity contribution < 1.29 is 14.1 Å². The molecular weight excluding hydrogens is 288 g/mol. The van der Waals surface area contributed by atoms with Crippen LogP contribution in [0.15, 0.2) is 57.7 Å². The summed E-state index contributed by atoms with van der Waals surface area (Å²) in [6.45, 7) is 0. The molecule has 3 aliphatic rings. The molecular formula is C15H12N2O3S. The lowest BCUT2D eigenvalue weighted by molar-refractivity contribution is -0.121. The Morgan fingerprint density at radius 2 is 2.14 bits per heavy atom. The van der Waals surface area contributed by atoms with Gasteiger partial charge in [0.15, 0.2) is 0 Å². The summed E-state index contributed by atoms with van der Waals surface area (Å²) in [5, 5.41) is 22.2. The molecule has 0 saturated carbocycles. The van der Waals surface area contributed by atoms with Gasteiger partial charge in [-0.1, -0.05) is 6.08 Å². The number of fused-ring (bicyclic) bond motifs is 1. The van der Waals surface area contributed by atoms with Gasteiger partial charge in [-0.2, -0.15) is 5.26 Å². The Kier molecular flexibility index (Phi) is 3.24. The number of allylic oxidation sites excluding steroid dienone is 3. The standard InChI is InChI=1S/C15H12N2O3S/c1-21(20)13-6-12-10(14(18)15(13)19)5-9-4-8(7-16)2-3-11(9)17-12/h2-6,11,14,17-18H,1H3. The first kappa shape index (κ1) is 13.7. The van der Waals surface area contributed by atoms with Gasteiger partial charge in [0.05, 0.1) is 33.4 Å². The third-order valence-corrected chi connectivity index (χ3v) is 4.53. The molecule has 3 atom stereocenters. The molecule has 0 saturated heterocycles. The molecule has 2 aliphatic carbocycles. The van der Waals surface area contributed by atoms with E-state index in [0.29, 0.717) is 16.8 Å². The van der Waals surface area contributed by atoms with Gasteiger partial charge in [-0.3, -0.25) is 9.00 Å². The summed E-state index contributed by atoms with van der Waals surface area (Å²) in [6, 6.07) is 1.94. The van der Waals surface area contributed by atoms with Crippen LogP contribution in [0.5, 0.6) is 0 Å². The summed E-state index contributed by atoms with van der Waals surface area (Å²) in [4.78, 5) is 12.1. The number of nitrogens with one attached hydrogen (secondary N) is 1. The number of carbonyl (C=O) groups excluding carboxylic acids is 1. The van der Waals surface area contributed by atoms with Crippen LogP contribution in [-0.4, -0.2) is 33.5 Å². The molecule has 106 valence electrons. The number of ketones is 1. The summed E-state index contributed by atoms with van der Waals surface area (Å²) in [7, 11) is -1.45. The van der Waals surface area contributed by atoms with Gasteiger partial charge in [-0.25, -0.2) is 0 Å². The average molecular weight is 300 g/mol. The molecule has 0 amide bonds. The van der Waals surface area contributed by atoms with Crippen LogP contribution in [0.1, 0.15) is 0 Å². The first-order chi connectivity index (χ1) is 10.0. The minimum Gasteiger partial charge on any atom is -0.380 e. The van der Waals surface area contributed by atoms with Gasteiger partial charge in [0.25, 0.3) is 0 Å². The van der Waals surface area contributed by atoms with Crippen LogP contribution in [-0.2, 0) is 15.6 Å². The second-order valence-electron chi connectivity index (χ2n) is 4.94.